The number of aryl methyl sites for hydroxylation is 1. The highest BCUT2D eigenvalue weighted by Crippen LogP contribution is 2.28. The Balaban J connectivity index is 1.65. The molecule has 6 nitrogen and oxygen atoms in total. The molecule has 0 aliphatic heterocycles. The van der Waals surface area contributed by atoms with Crippen LogP contribution in [0.5, 0.6) is 0 Å². The maximum absolute atomic E-state index is 12.4. The molecular formula is C21H22N4O2. The maximum atomic E-state index is 12.4. The molecule has 2 aromatic carbocycles. The van der Waals surface area contributed by atoms with Gasteiger partial charge in [-0.25, -0.2) is 9.97 Å². The average molecular weight is 362 g/mol. The first-order valence-electron chi connectivity index (χ1n) is 9.17. The van der Waals surface area contributed by atoms with E-state index in [2.05, 4.69) is 20.6 Å². The van der Waals surface area contributed by atoms with Crippen LogP contribution < -0.4 is 10.6 Å². The lowest BCUT2D eigenvalue weighted by atomic mass is 9.97. The zero-order valence-electron chi connectivity index (χ0n) is 15.2. The predicted octanol–water partition coefficient (Wildman–Crippen LogP) is 2.90. The van der Waals surface area contributed by atoms with Crippen LogP contribution in [-0.4, -0.2) is 40.2 Å². The van der Waals surface area contributed by atoms with Gasteiger partial charge in [0.1, 0.15) is 0 Å². The molecule has 0 spiro atoms. The summed E-state index contributed by atoms with van der Waals surface area (Å²) in [6.07, 6.45) is 3.92. The molecule has 0 radical (unpaired) electrons. The quantitative estimate of drug-likeness (QED) is 0.628. The molecule has 6 heteroatoms. The number of carbonyl (C=O) groups excluding carboxylic acids is 1. The molecule has 3 aromatic rings. The molecule has 1 heterocycles. The van der Waals surface area contributed by atoms with E-state index in [1.165, 1.54) is 0 Å². The van der Waals surface area contributed by atoms with E-state index in [-0.39, 0.29) is 12.5 Å². The van der Waals surface area contributed by atoms with Gasteiger partial charge in [0.2, 0.25) is 5.95 Å². The maximum Gasteiger partial charge on any atom is 0.251 e. The number of aliphatic hydroxyl groups is 1. The Morgan fingerprint density at radius 2 is 2.07 bits per heavy atom. The van der Waals surface area contributed by atoms with Gasteiger partial charge in [0.15, 0.2) is 0 Å². The number of amides is 1. The van der Waals surface area contributed by atoms with E-state index in [1.54, 1.807) is 6.20 Å². The van der Waals surface area contributed by atoms with E-state index < -0.39 is 0 Å². The van der Waals surface area contributed by atoms with Gasteiger partial charge in [-0.2, -0.15) is 0 Å². The highest BCUT2D eigenvalue weighted by Gasteiger charge is 2.24. The Labute approximate surface area is 157 Å². The monoisotopic (exact) mass is 362 g/mol. The van der Waals surface area contributed by atoms with E-state index in [0.717, 1.165) is 40.4 Å². The first-order chi connectivity index (χ1) is 13.1. The van der Waals surface area contributed by atoms with Crippen LogP contribution in [0.15, 0.2) is 42.6 Å². The summed E-state index contributed by atoms with van der Waals surface area (Å²) >= 11 is 0. The second kappa shape index (κ2) is 7.32. The number of anilines is 1. The fourth-order valence-corrected chi connectivity index (χ4v) is 3.02. The Bertz CT molecular complexity index is 999. The number of benzene rings is 2. The van der Waals surface area contributed by atoms with Crippen molar-refractivity contribution in [3.63, 3.8) is 0 Å². The fraction of sp³-hybridized carbons (Fsp3) is 0.286. The largest absolute Gasteiger partial charge is 0.395 e. The lowest BCUT2D eigenvalue weighted by Crippen LogP contribution is -2.25. The van der Waals surface area contributed by atoms with Crippen LogP contribution in [-0.2, 0) is 0 Å². The summed E-state index contributed by atoms with van der Waals surface area (Å²) < 4.78 is 0. The van der Waals surface area contributed by atoms with Crippen molar-refractivity contribution in [2.45, 2.75) is 25.8 Å². The highest BCUT2D eigenvalue weighted by atomic mass is 16.3. The van der Waals surface area contributed by atoms with Crippen molar-refractivity contribution < 1.29 is 9.90 Å². The van der Waals surface area contributed by atoms with Crippen molar-refractivity contribution in [2.24, 2.45) is 0 Å². The minimum atomic E-state index is -0.0116. The van der Waals surface area contributed by atoms with E-state index in [1.807, 2.05) is 43.3 Å². The van der Waals surface area contributed by atoms with Crippen LogP contribution in [0.3, 0.4) is 0 Å². The van der Waals surface area contributed by atoms with Gasteiger partial charge in [-0.1, -0.05) is 12.1 Å². The fourth-order valence-electron chi connectivity index (χ4n) is 3.02. The second-order valence-corrected chi connectivity index (χ2v) is 6.90. The Kier molecular flexibility index (Phi) is 4.73. The molecule has 0 unspecified atom stereocenters. The Morgan fingerprint density at radius 1 is 1.22 bits per heavy atom. The van der Waals surface area contributed by atoms with Crippen molar-refractivity contribution in [1.82, 2.24) is 15.3 Å². The number of rotatable bonds is 6. The van der Waals surface area contributed by atoms with Crippen molar-refractivity contribution in [1.29, 1.82) is 0 Å². The van der Waals surface area contributed by atoms with Crippen molar-refractivity contribution in [3.8, 4) is 11.1 Å². The number of hydrogen-bond acceptors (Lipinski definition) is 5. The molecular weight excluding hydrogens is 340 g/mol. The summed E-state index contributed by atoms with van der Waals surface area (Å²) in [5.74, 6) is 0.488. The molecule has 1 aliphatic carbocycles. The normalized spacial score (nSPS) is 13.6. The van der Waals surface area contributed by atoms with Gasteiger partial charge < -0.3 is 15.7 Å². The molecule has 1 saturated carbocycles. The van der Waals surface area contributed by atoms with Crippen molar-refractivity contribution in [3.05, 3.63) is 53.7 Å². The third-order valence-corrected chi connectivity index (χ3v) is 4.70. The molecule has 0 bridgehead atoms. The minimum absolute atomic E-state index is 0.0116. The number of aliphatic hydroxyl groups excluding tert-OH is 1. The van der Waals surface area contributed by atoms with Crippen LogP contribution in [0.25, 0.3) is 22.0 Å². The SMILES string of the molecule is Cc1ccc(C(=O)NC2CC2)cc1-c1ccc2nc(NCCO)ncc2c1. The lowest BCUT2D eigenvalue weighted by Gasteiger charge is -2.11. The van der Waals surface area contributed by atoms with Crippen LogP contribution >= 0.6 is 0 Å². The Hall–Kier alpha value is -2.99. The standard InChI is InChI=1S/C21H22N4O2/c1-13-2-3-15(20(27)24-17-5-6-17)11-18(13)14-4-7-19-16(10-14)12-23-21(25-19)22-8-9-26/h2-4,7,10-12,17,26H,5-6,8-9H2,1H3,(H,24,27)(H,22,23,25). The summed E-state index contributed by atoms with van der Waals surface area (Å²) in [5, 5.41) is 15.8. The summed E-state index contributed by atoms with van der Waals surface area (Å²) in [7, 11) is 0. The lowest BCUT2D eigenvalue weighted by molar-refractivity contribution is 0.0951. The summed E-state index contributed by atoms with van der Waals surface area (Å²) in [6.45, 7) is 2.49. The van der Waals surface area contributed by atoms with Gasteiger partial charge in [-0.3, -0.25) is 4.79 Å². The minimum Gasteiger partial charge on any atom is -0.395 e. The third kappa shape index (κ3) is 3.90. The van der Waals surface area contributed by atoms with E-state index >= 15 is 0 Å². The summed E-state index contributed by atoms with van der Waals surface area (Å²) in [5.41, 5.74) is 4.68. The predicted molar refractivity (Wildman–Crippen MR) is 106 cm³/mol. The van der Waals surface area contributed by atoms with Gasteiger partial charge in [0.05, 0.1) is 12.1 Å². The second-order valence-electron chi connectivity index (χ2n) is 6.90. The van der Waals surface area contributed by atoms with Gasteiger partial charge >= 0.3 is 0 Å². The average Bonchev–Trinajstić information content (AvgIpc) is 3.50. The molecule has 27 heavy (non-hydrogen) atoms. The number of fused-ring (bicyclic) bond motifs is 1. The van der Waals surface area contributed by atoms with Gasteiger partial charge in [0.25, 0.3) is 5.91 Å². The first kappa shape index (κ1) is 17.4. The van der Waals surface area contributed by atoms with Crippen molar-refractivity contribution >= 4 is 22.8 Å². The number of hydrogen-bond donors (Lipinski definition) is 3. The zero-order valence-corrected chi connectivity index (χ0v) is 15.2. The molecule has 1 fully saturated rings. The highest BCUT2D eigenvalue weighted by molar-refractivity contribution is 5.96. The number of nitrogens with one attached hydrogen (secondary N) is 2. The molecule has 1 amide bonds. The van der Waals surface area contributed by atoms with Gasteiger partial charge in [0, 0.05) is 29.7 Å². The smallest absolute Gasteiger partial charge is 0.251 e. The molecule has 1 aliphatic rings. The molecule has 3 N–H and O–H groups in total. The number of carbonyl (C=O) groups is 1. The Morgan fingerprint density at radius 3 is 2.85 bits per heavy atom. The third-order valence-electron chi connectivity index (χ3n) is 4.70. The van der Waals surface area contributed by atoms with Gasteiger partial charge in [-0.15, -0.1) is 0 Å². The van der Waals surface area contributed by atoms with E-state index in [9.17, 15) is 4.79 Å². The molecule has 1 aromatic heterocycles. The van der Waals surface area contributed by atoms with Gasteiger partial charge in [-0.05, 0) is 60.7 Å². The molecule has 138 valence electrons. The van der Waals surface area contributed by atoms with E-state index in [4.69, 9.17) is 5.11 Å². The van der Waals surface area contributed by atoms with Crippen molar-refractivity contribution in [2.75, 3.05) is 18.5 Å². The molecule has 0 saturated heterocycles. The van der Waals surface area contributed by atoms with Crippen LogP contribution in [0.1, 0.15) is 28.8 Å². The molecule has 4 rings (SSSR count). The van der Waals surface area contributed by atoms with Crippen LogP contribution in [0, 0.1) is 6.92 Å². The first-order valence-corrected chi connectivity index (χ1v) is 9.17. The summed E-state index contributed by atoms with van der Waals surface area (Å²) in [4.78, 5) is 21.1. The molecule has 0 atom stereocenters. The zero-order chi connectivity index (χ0) is 18.8. The van der Waals surface area contributed by atoms with Crippen LogP contribution in [0.2, 0.25) is 0 Å². The number of nitrogens with zero attached hydrogens (tertiary/aromatic N) is 2. The summed E-state index contributed by atoms with van der Waals surface area (Å²) in [6, 6.07) is 12.2. The topological polar surface area (TPSA) is 87.1 Å². The van der Waals surface area contributed by atoms with E-state index in [0.29, 0.717) is 24.1 Å². The van der Waals surface area contributed by atoms with Crippen LogP contribution in [0.4, 0.5) is 5.95 Å². The number of aromatic nitrogens is 2.